The van der Waals surface area contributed by atoms with E-state index < -0.39 is 5.97 Å². The van der Waals surface area contributed by atoms with Crippen molar-refractivity contribution in [1.29, 1.82) is 0 Å². The van der Waals surface area contributed by atoms with Crippen LogP contribution in [-0.2, 0) is 6.54 Å². The van der Waals surface area contributed by atoms with Crippen LogP contribution in [0, 0.1) is 0 Å². The number of rotatable bonds is 7. The number of nitrogens with one attached hydrogen (secondary N) is 1. The van der Waals surface area contributed by atoms with Gasteiger partial charge in [0.15, 0.2) is 0 Å². The summed E-state index contributed by atoms with van der Waals surface area (Å²) in [5.41, 5.74) is 0.988. The van der Waals surface area contributed by atoms with Crippen molar-refractivity contribution in [2.75, 3.05) is 6.61 Å². The van der Waals surface area contributed by atoms with E-state index in [0.717, 1.165) is 12.1 Å². The Morgan fingerprint density at radius 2 is 2.29 bits per heavy atom. The Balaban J connectivity index is 2.48. The minimum Gasteiger partial charge on any atom is -0.478 e. The smallest absolute Gasteiger partial charge is 0.337 e. The highest BCUT2D eigenvalue weighted by Crippen LogP contribution is 2.02. The molecule has 0 aliphatic heterocycles. The average Bonchev–Trinajstić information content (AvgIpc) is 2.35. The fourth-order valence-corrected chi connectivity index (χ4v) is 1.51. The number of aliphatic hydroxyl groups excluding tert-OH is 1. The predicted octanol–water partition coefficient (Wildman–Crippen LogP) is 1.03. The number of hydrogen-bond acceptors (Lipinski definition) is 4. The molecule has 0 aliphatic carbocycles. The molecule has 1 aromatic rings. The molecule has 1 unspecified atom stereocenters. The van der Waals surface area contributed by atoms with Crippen molar-refractivity contribution in [1.82, 2.24) is 10.3 Å². The van der Waals surface area contributed by atoms with Gasteiger partial charge in [-0.2, -0.15) is 0 Å². The van der Waals surface area contributed by atoms with Crippen LogP contribution in [0.3, 0.4) is 0 Å². The Bertz CT molecular complexity index is 351. The van der Waals surface area contributed by atoms with Crippen LogP contribution >= 0.6 is 0 Å². The lowest BCUT2D eigenvalue weighted by atomic mass is 10.1. The van der Waals surface area contributed by atoms with E-state index >= 15 is 0 Å². The lowest BCUT2D eigenvalue weighted by Gasteiger charge is -2.15. The minimum absolute atomic E-state index is 0.164. The number of aromatic carboxylic acids is 1. The van der Waals surface area contributed by atoms with Crippen LogP contribution in [0.25, 0.3) is 0 Å². The molecule has 0 radical (unpaired) electrons. The first-order valence-electron chi connectivity index (χ1n) is 5.69. The Kier molecular flexibility index (Phi) is 5.59. The van der Waals surface area contributed by atoms with Crippen molar-refractivity contribution in [2.45, 2.75) is 32.4 Å². The summed E-state index contributed by atoms with van der Waals surface area (Å²) in [6, 6.07) is 3.50. The summed E-state index contributed by atoms with van der Waals surface area (Å²) in [5.74, 6) is -0.969. The summed E-state index contributed by atoms with van der Waals surface area (Å²) in [6.45, 7) is 2.80. The summed E-state index contributed by atoms with van der Waals surface area (Å²) in [5, 5.41) is 20.8. The molecule has 1 rings (SSSR count). The van der Waals surface area contributed by atoms with Gasteiger partial charge in [0.05, 0.1) is 11.3 Å². The number of nitrogens with zero attached hydrogens (tertiary/aromatic N) is 1. The van der Waals surface area contributed by atoms with Crippen molar-refractivity contribution in [3.05, 3.63) is 29.6 Å². The van der Waals surface area contributed by atoms with Crippen molar-refractivity contribution in [3.8, 4) is 0 Å². The fraction of sp³-hybridized carbons (Fsp3) is 0.500. The molecule has 94 valence electrons. The van der Waals surface area contributed by atoms with E-state index in [9.17, 15) is 4.79 Å². The van der Waals surface area contributed by atoms with Crippen molar-refractivity contribution in [3.63, 3.8) is 0 Å². The Hall–Kier alpha value is -1.46. The third-order valence-corrected chi connectivity index (χ3v) is 2.61. The van der Waals surface area contributed by atoms with Crippen LogP contribution in [-0.4, -0.2) is 33.8 Å². The highest BCUT2D eigenvalue weighted by molar-refractivity contribution is 5.87. The maximum absolute atomic E-state index is 10.6. The summed E-state index contributed by atoms with van der Waals surface area (Å²) >= 11 is 0. The van der Waals surface area contributed by atoms with Crippen LogP contribution in [0.4, 0.5) is 0 Å². The van der Waals surface area contributed by atoms with Crippen LogP contribution < -0.4 is 5.32 Å². The molecule has 0 fully saturated rings. The molecule has 0 bridgehead atoms. The van der Waals surface area contributed by atoms with Gasteiger partial charge in [0.2, 0.25) is 0 Å². The Morgan fingerprint density at radius 3 is 2.76 bits per heavy atom. The third kappa shape index (κ3) is 4.50. The minimum atomic E-state index is -0.969. The highest BCUT2D eigenvalue weighted by atomic mass is 16.4. The molecular weight excluding hydrogens is 220 g/mol. The molecule has 1 heterocycles. The number of pyridine rings is 1. The highest BCUT2D eigenvalue weighted by Gasteiger charge is 2.06. The van der Waals surface area contributed by atoms with Gasteiger partial charge in [0.1, 0.15) is 0 Å². The second kappa shape index (κ2) is 6.98. The number of carboxylic acids is 1. The monoisotopic (exact) mass is 238 g/mol. The zero-order chi connectivity index (χ0) is 12.7. The average molecular weight is 238 g/mol. The van der Waals surface area contributed by atoms with E-state index in [1.807, 2.05) is 6.92 Å². The van der Waals surface area contributed by atoms with Gasteiger partial charge in [0, 0.05) is 25.4 Å². The molecule has 0 aromatic carbocycles. The van der Waals surface area contributed by atoms with Gasteiger partial charge in [-0.3, -0.25) is 4.98 Å². The molecule has 5 nitrogen and oxygen atoms in total. The first-order chi connectivity index (χ1) is 8.17. The van der Waals surface area contributed by atoms with Crippen molar-refractivity contribution in [2.24, 2.45) is 0 Å². The Labute approximate surface area is 101 Å². The van der Waals surface area contributed by atoms with Crippen molar-refractivity contribution < 1.29 is 15.0 Å². The van der Waals surface area contributed by atoms with Gasteiger partial charge in [-0.15, -0.1) is 0 Å². The van der Waals surface area contributed by atoms with E-state index in [2.05, 4.69) is 10.3 Å². The van der Waals surface area contributed by atoms with Gasteiger partial charge in [-0.05, 0) is 25.0 Å². The molecule has 0 amide bonds. The van der Waals surface area contributed by atoms with Crippen LogP contribution in [0.15, 0.2) is 18.3 Å². The molecule has 1 aromatic heterocycles. The maximum atomic E-state index is 10.6. The number of aliphatic hydroxyl groups is 1. The number of carboxylic acid groups (broad SMARTS) is 1. The summed E-state index contributed by atoms with van der Waals surface area (Å²) in [4.78, 5) is 14.7. The van der Waals surface area contributed by atoms with E-state index in [-0.39, 0.29) is 18.2 Å². The first-order valence-corrected chi connectivity index (χ1v) is 5.69. The SMILES string of the molecule is CCC(CCO)NCc1ccc(C(=O)O)cn1. The lowest BCUT2D eigenvalue weighted by Crippen LogP contribution is -2.29. The van der Waals surface area contributed by atoms with Gasteiger partial charge in [0.25, 0.3) is 0 Å². The topological polar surface area (TPSA) is 82.5 Å². The summed E-state index contributed by atoms with van der Waals surface area (Å²) in [6.07, 6.45) is 3.00. The predicted molar refractivity (Wildman–Crippen MR) is 63.8 cm³/mol. The lowest BCUT2D eigenvalue weighted by molar-refractivity contribution is 0.0696. The number of hydrogen-bond donors (Lipinski definition) is 3. The van der Waals surface area contributed by atoms with Crippen LogP contribution in [0.1, 0.15) is 35.8 Å². The standard InChI is InChI=1S/C12H18N2O3/c1-2-10(5-6-15)14-8-11-4-3-9(7-13-11)12(16)17/h3-4,7,10,14-15H,2,5-6,8H2,1H3,(H,16,17). The molecule has 0 saturated heterocycles. The number of carbonyl (C=O) groups is 1. The van der Waals surface area contributed by atoms with Crippen LogP contribution in [0.2, 0.25) is 0 Å². The summed E-state index contributed by atoms with van der Waals surface area (Å²) < 4.78 is 0. The Morgan fingerprint density at radius 1 is 1.53 bits per heavy atom. The normalized spacial score (nSPS) is 12.4. The quantitative estimate of drug-likeness (QED) is 0.661. The van der Waals surface area contributed by atoms with E-state index in [0.29, 0.717) is 13.0 Å². The first kappa shape index (κ1) is 13.6. The van der Waals surface area contributed by atoms with E-state index in [1.54, 1.807) is 12.1 Å². The van der Waals surface area contributed by atoms with Gasteiger partial charge < -0.3 is 15.5 Å². The maximum Gasteiger partial charge on any atom is 0.337 e. The van der Waals surface area contributed by atoms with Crippen molar-refractivity contribution >= 4 is 5.97 Å². The molecule has 0 saturated carbocycles. The van der Waals surface area contributed by atoms with Gasteiger partial charge >= 0.3 is 5.97 Å². The second-order valence-electron chi connectivity index (χ2n) is 3.84. The summed E-state index contributed by atoms with van der Waals surface area (Å²) in [7, 11) is 0. The fourth-order valence-electron chi connectivity index (χ4n) is 1.51. The molecule has 0 aliphatic rings. The second-order valence-corrected chi connectivity index (χ2v) is 3.84. The van der Waals surface area contributed by atoms with Gasteiger partial charge in [-0.1, -0.05) is 6.92 Å². The largest absolute Gasteiger partial charge is 0.478 e. The molecule has 1 atom stereocenters. The zero-order valence-electron chi connectivity index (χ0n) is 9.89. The molecule has 5 heteroatoms. The molecular formula is C12H18N2O3. The molecule has 0 spiro atoms. The van der Waals surface area contributed by atoms with E-state index in [4.69, 9.17) is 10.2 Å². The van der Waals surface area contributed by atoms with E-state index in [1.165, 1.54) is 6.20 Å². The van der Waals surface area contributed by atoms with Gasteiger partial charge in [-0.25, -0.2) is 4.79 Å². The zero-order valence-corrected chi connectivity index (χ0v) is 9.89. The molecule has 17 heavy (non-hydrogen) atoms. The third-order valence-electron chi connectivity index (χ3n) is 2.61. The number of aromatic nitrogens is 1. The van der Waals surface area contributed by atoms with Crippen LogP contribution in [0.5, 0.6) is 0 Å². The molecule has 3 N–H and O–H groups in total.